The van der Waals surface area contributed by atoms with Gasteiger partial charge in [-0.1, -0.05) is 12.8 Å². The molecule has 0 bridgehead atoms. The number of hydrogen-bond donors (Lipinski definition) is 1. The molecule has 0 atom stereocenters. The second-order valence-corrected chi connectivity index (χ2v) is 5.22. The van der Waals surface area contributed by atoms with E-state index in [9.17, 15) is 0 Å². The van der Waals surface area contributed by atoms with Crippen molar-refractivity contribution in [1.82, 2.24) is 4.98 Å². The van der Waals surface area contributed by atoms with Crippen LogP contribution in [0.25, 0.3) is 0 Å². The van der Waals surface area contributed by atoms with Crippen molar-refractivity contribution in [3.8, 4) is 0 Å². The van der Waals surface area contributed by atoms with Crippen molar-refractivity contribution >= 4 is 11.3 Å². The zero-order chi connectivity index (χ0) is 10.9. The minimum absolute atomic E-state index is 0.108. The Balaban J connectivity index is 2.34. The highest BCUT2D eigenvalue weighted by Crippen LogP contribution is 2.43. The minimum atomic E-state index is -0.108. The molecule has 1 aromatic heterocycles. The van der Waals surface area contributed by atoms with E-state index in [1.54, 1.807) is 18.4 Å². The topological polar surface area (TPSA) is 48.1 Å². The molecule has 1 aliphatic rings. The lowest BCUT2D eigenvalue weighted by atomic mass is 10.0. The molecular weight excluding hydrogens is 208 g/mol. The van der Waals surface area contributed by atoms with Crippen molar-refractivity contribution in [2.75, 3.05) is 7.11 Å². The number of thiazole rings is 1. The third kappa shape index (κ3) is 1.82. The summed E-state index contributed by atoms with van der Waals surface area (Å²) in [6.07, 6.45) is 4.68. The number of nitrogens with two attached hydrogens (primary N) is 1. The molecule has 1 aliphatic carbocycles. The van der Waals surface area contributed by atoms with Crippen molar-refractivity contribution in [3.63, 3.8) is 0 Å². The van der Waals surface area contributed by atoms with Crippen LogP contribution in [0.2, 0.25) is 0 Å². The van der Waals surface area contributed by atoms with E-state index in [0.29, 0.717) is 6.54 Å². The minimum Gasteiger partial charge on any atom is -0.371 e. The summed E-state index contributed by atoms with van der Waals surface area (Å²) in [7, 11) is 1.80. The van der Waals surface area contributed by atoms with Crippen molar-refractivity contribution in [2.45, 2.75) is 44.8 Å². The van der Waals surface area contributed by atoms with E-state index in [2.05, 4.69) is 4.98 Å². The molecule has 0 spiro atoms. The molecule has 1 saturated carbocycles. The predicted molar refractivity (Wildman–Crippen MR) is 61.9 cm³/mol. The number of aryl methyl sites for hydroxylation is 1. The van der Waals surface area contributed by atoms with E-state index in [0.717, 1.165) is 23.5 Å². The fourth-order valence-electron chi connectivity index (χ4n) is 2.26. The van der Waals surface area contributed by atoms with Crippen LogP contribution in [0, 0.1) is 6.92 Å². The monoisotopic (exact) mass is 226 g/mol. The molecule has 15 heavy (non-hydrogen) atoms. The third-order valence-electron chi connectivity index (χ3n) is 3.27. The van der Waals surface area contributed by atoms with Gasteiger partial charge in [0.1, 0.15) is 10.6 Å². The summed E-state index contributed by atoms with van der Waals surface area (Å²) in [5.41, 5.74) is 6.64. The maximum absolute atomic E-state index is 5.70. The molecule has 1 heterocycles. The van der Waals surface area contributed by atoms with E-state index in [4.69, 9.17) is 10.5 Å². The summed E-state index contributed by atoms with van der Waals surface area (Å²) < 4.78 is 5.70. The fourth-order valence-corrected chi connectivity index (χ4v) is 3.43. The molecule has 84 valence electrons. The van der Waals surface area contributed by atoms with Crippen molar-refractivity contribution in [2.24, 2.45) is 5.73 Å². The Labute approximate surface area is 94.7 Å². The first kappa shape index (κ1) is 11.0. The largest absolute Gasteiger partial charge is 0.371 e. The van der Waals surface area contributed by atoms with Gasteiger partial charge in [0.2, 0.25) is 0 Å². The van der Waals surface area contributed by atoms with Crippen LogP contribution in [0.15, 0.2) is 0 Å². The van der Waals surface area contributed by atoms with Gasteiger partial charge in [-0.25, -0.2) is 4.98 Å². The van der Waals surface area contributed by atoms with Crippen LogP contribution < -0.4 is 5.73 Å². The second-order valence-electron chi connectivity index (χ2n) is 4.14. The van der Waals surface area contributed by atoms with Crippen LogP contribution in [-0.4, -0.2) is 12.1 Å². The summed E-state index contributed by atoms with van der Waals surface area (Å²) in [4.78, 5) is 5.81. The molecule has 3 nitrogen and oxygen atoms in total. The van der Waals surface area contributed by atoms with Crippen LogP contribution in [0.1, 0.15) is 41.3 Å². The summed E-state index contributed by atoms with van der Waals surface area (Å²) in [5, 5.41) is 1.13. The Morgan fingerprint density at radius 2 is 2.13 bits per heavy atom. The van der Waals surface area contributed by atoms with Crippen LogP contribution in [0.4, 0.5) is 0 Å². The molecule has 2 N–H and O–H groups in total. The van der Waals surface area contributed by atoms with Crippen LogP contribution in [0.5, 0.6) is 0 Å². The SMILES string of the molecule is COC1(c2nc(C)c(CN)s2)CCCC1. The zero-order valence-electron chi connectivity index (χ0n) is 9.38. The Morgan fingerprint density at radius 3 is 2.60 bits per heavy atom. The average Bonchev–Trinajstić information content (AvgIpc) is 2.84. The van der Waals surface area contributed by atoms with Gasteiger partial charge in [-0.15, -0.1) is 11.3 Å². The normalized spacial score (nSPS) is 19.7. The highest BCUT2D eigenvalue weighted by Gasteiger charge is 2.38. The second kappa shape index (κ2) is 4.20. The van der Waals surface area contributed by atoms with Gasteiger partial charge in [-0.3, -0.25) is 0 Å². The van der Waals surface area contributed by atoms with Crippen LogP contribution in [0.3, 0.4) is 0 Å². The first-order chi connectivity index (χ1) is 7.22. The van der Waals surface area contributed by atoms with Gasteiger partial charge in [0.25, 0.3) is 0 Å². The van der Waals surface area contributed by atoms with E-state index in [1.807, 2.05) is 6.92 Å². The highest BCUT2D eigenvalue weighted by atomic mass is 32.1. The molecule has 2 rings (SSSR count). The van der Waals surface area contributed by atoms with Crippen molar-refractivity contribution < 1.29 is 4.74 Å². The standard InChI is InChI=1S/C11H18N2OS/c1-8-9(7-12)15-10(13-8)11(14-2)5-3-4-6-11/h3-7,12H2,1-2H3. The quantitative estimate of drug-likeness (QED) is 0.860. The number of rotatable bonds is 3. The summed E-state index contributed by atoms with van der Waals surface area (Å²) in [6.45, 7) is 2.61. The number of nitrogens with zero attached hydrogens (tertiary/aromatic N) is 1. The molecule has 0 aliphatic heterocycles. The van der Waals surface area contributed by atoms with Gasteiger partial charge in [-0.2, -0.15) is 0 Å². The molecule has 4 heteroatoms. The van der Waals surface area contributed by atoms with Gasteiger partial charge in [0.05, 0.1) is 5.69 Å². The van der Waals surface area contributed by atoms with E-state index in [-0.39, 0.29) is 5.60 Å². The van der Waals surface area contributed by atoms with Crippen LogP contribution >= 0.6 is 11.3 Å². The lowest BCUT2D eigenvalue weighted by molar-refractivity contribution is -0.00893. The first-order valence-corrected chi connectivity index (χ1v) is 6.25. The molecule has 0 aromatic carbocycles. The zero-order valence-corrected chi connectivity index (χ0v) is 10.2. The average molecular weight is 226 g/mol. The van der Waals surface area contributed by atoms with E-state index in [1.165, 1.54) is 17.7 Å². The Morgan fingerprint density at radius 1 is 1.47 bits per heavy atom. The number of aromatic nitrogens is 1. The number of methoxy groups -OCH3 is 1. The van der Waals surface area contributed by atoms with E-state index >= 15 is 0 Å². The number of hydrogen-bond acceptors (Lipinski definition) is 4. The van der Waals surface area contributed by atoms with Gasteiger partial charge in [-0.05, 0) is 19.8 Å². The van der Waals surface area contributed by atoms with Crippen molar-refractivity contribution in [1.29, 1.82) is 0 Å². The Hall–Kier alpha value is -0.450. The summed E-state index contributed by atoms with van der Waals surface area (Å²) in [6, 6.07) is 0. The smallest absolute Gasteiger partial charge is 0.125 e. The molecule has 1 aromatic rings. The third-order valence-corrected chi connectivity index (χ3v) is 4.63. The Bertz CT molecular complexity index is 342. The lowest BCUT2D eigenvalue weighted by Gasteiger charge is -2.24. The van der Waals surface area contributed by atoms with Gasteiger partial charge in [0.15, 0.2) is 0 Å². The lowest BCUT2D eigenvalue weighted by Crippen LogP contribution is -2.24. The maximum Gasteiger partial charge on any atom is 0.125 e. The molecule has 0 saturated heterocycles. The highest BCUT2D eigenvalue weighted by molar-refractivity contribution is 7.11. The van der Waals surface area contributed by atoms with Crippen LogP contribution in [-0.2, 0) is 16.9 Å². The van der Waals surface area contributed by atoms with Gasteiger partial charge >= 0.3 is 0 Å². The predicted octanol–water partition coefficient (Wildman–Crippen LogP) is 2.33. The van der Waals surface area contributed by atoms with Crippen molar-refractivity contribution in [3.05, 3.63) is 15.6 Å². The van der Waals surface area contributed by atoms with E-state index < -0.39 is 0 Å². The molecular formula is C11H18N2OS. The molecule has 0 radical (unpaired) electrons. The molecule has 1 fully saturated rings. The molecule has 0 unspecified atom stereocenters. The van der Waals surface area contributed by atoms with Gasteiger partial charge < -0.3 is 10.5 Å². The molecule has 0 amide bonds. The summed E-state index contributed by atoms with van der Waals surface area (Å²) >= 11 is 1.72. The fraction of sp³-hybridized carbons (Fsp3) is 0.727. The Kier molecular flexibility index (Phi) is 3.09. The summed E-state index contributed by atoms with van der Waals surface area (Å²) in [5.74, 6) is 0. The first-order valence-electron chi connectivity index (χ1n) is 5.44. The number of ether oxygens (including phenoxy) is 1. The van der Waals surface area contributed by atoms with Gasteiger partial charge in [0, 0.05) is 18.5 Å². The maximum atomic E-state index is 5.70.